The zero-order chi connectivity index (χ0) is 11.0. The van der Waals surface area contributed by atoms with Crippen LogP contribution < -0.4 is 0 Å². The molecule has 0 aliphatic rings. The molecule has 0 saturated heterocycles. The second-order valence-electron chi connectivity index (χ2n) is 3.30. The van der Waals surface area contributed by atoms with Gasteiger partial charge in [-0.05, 0) is 12.1 Å². The molecule has 0 aliphatic carbocycles. The number of para-hydroxylation sites is 2. The minimum Gasteiger partial charge on any atom is -0.283 e. The standard InChI is InChI=1S/C11H7FN4/c12-10-5-11(14-6-13-10)16-7-15-8-3-1-2-4-9(8)16/h1-7H. The molecule has 3 rings (SSSR count). The molecule has 5 heteroatoms. The number of rotatable bonds is 1. The number of nitrogens with zero attached hydrogens (tertiary/aromatic N) is 4. The molecule has 0 N–H and O–H groups in total. The summed E-state index contributed by atoms with van der Waals surface area (Å²) in [4.78, 5) is 11.6. The van der Waals surface area contributed by atoms with Crippen molar-refractivity contribution < 1.29 is 4.39 Å². The van der Waals surface area contributed by atoms with E-state index in [-0.39, 0.29) is 0 Å². The Balaban J connectivity index is 2.26. The lowest BCUT2D eigenvalue weighted by atomic mass is 10.3. The van der Waals surface area contributed by atoms with Gasteiger partial charge in [-0.15, -0.1) is 0 Å². The van der Waals surface area contributed by atoms with Crippen LogP contribution >= 0.6 is 0 Å². The summed E-state index contributed by atoms with van der Waals surface area (Å²) in [5.41, 5.74) is 1.74. The van der Waals surface area contributed by atoms with E-state index in [4.69, 9.17) is 0 Å². The fraction of sp³-hybridized carbons (Fsp3) is 0. The van der Waals surface area contributed by atoms with Gasteiger partial charge in [-0.2, -0.15) is 4.39 Å². The van der Waals surface area contributed by atoms with Crippen LogP contribution in [-0.2, 0) is 0 Å². The van der Waals surface area contributed by atoms with Gasteiger partial charge >= 0.3 is 0 Å². The molecule has 0 bridgehead atoms. The van der Waals surface area contributed by atoms with Gasteiger partial charge in [-0.25, -0.2) is 15.0 Å². The van der Waals surface area contributed by atoms with Gasteiger partial charge in [0.25, 0.3) is 0 Å². The highest BCUT2D eigenvalue weighted by molar-refractivity contribution is 5.76. The van der Waals surface area contributed by atoms with Crippen molar-refractivity contribution in [2.24, 2.45) is 0 Å². The lowest BCUT2D eigenvalue weighted by Crippen LogP contribution is -1.97. The zero-order valence-corrected chi connectivity index (χ0v) is 8.21. The van der Waals surface area contributed by atoms with Gasteiger partial charge in [0.15, 0.2) is 0 Å². The van der Waals surface area contributed by atoms with Gasteiger partial charge in [-0.3, -0.25) is 4.57 Å². The molecular formula is C11H7FN4. The largest absolute Gasteiger partial charge is 0.283 e. The summed E-state index contributed by atoms with van der Waals surface area (Å²) in [6.07, 6.45) is 2.81. The number of fused-ring (bicyclic) bond motifs is 1. The van der Waals surface area contributed by atoms with E-state index in [1.807, 2.05) is 24.3 Å². The van der Waals surface area contributed by atoms with Crippen LogP contribution in [-0.4, -0.2) is 19.5 Å². The van der Waals surface area contributed by atoms with Crippen LogP contribution in [0.5, 0.6) is 0 Å². The SMILES string of the molecule is Fc1cc(-n2cnc3ccccc32)ncn1. The molecule has 0 unspecified atom stereocenters. The average molecular weight is 214 g/mol. The lowest BCUT2D eigenvalue weighted by Gasteiger charge is -2.01. The second-order valence-corrected chi connectivity index (χ2v) is 3.30. The topological polar surface area (TPSA) is 43.6 Å². The van der Waals surface area contributed by atoms with Gasteiger partial charge in [0.1, 0.15) is 18.5 Å². The summed E-state index contributed by atoms with van der Waals surface area (Å²) in [6.45, 7) is 0. The average Bonchev–Trinajstić information content (AvgIpc) is 2.72. The fourth-order valence-corrected chi connectivity index (χ4v) is 1.60. The minimum absolute atomic E-state index is 0.473. The normalized spacial score (nSPS) is 10.8. The van der Waals surface area contributed by atoms with Crippen molar-refractivity contribution in [3.05, 3.63) is 48.9 Å². The summed E-state index contributed by atoms with van der Waals surface area (Å²) in [7, 11) is 0. The molecule has 0 spiro atoms. The molecule has 3 aromatic rings. The van der Waals surface area contributed by atoms with Crippen LogP contribution in [0.2, 0.25) is 0 Å². The van der Waals surface area contributed by atoms with E-state index in [0.717, 1.165) is 11.0 Å². The molecule has 1 aromatic carbocycles. The molecule has 0 saturated carbocycles. The number of benzene rings is 1. The van der Waals surface area contributed by atoms with Crippen LogP contribution in [0.15, 0.2) is 43.0 Å². The van der Waals surface area contributed by atoms with E-state index in [2.05, 4.69) is 15.0 Å². The van der Waals surface area contributed by atoms with Crippen molar-refractivity contribution in [1.29, 1.82) is 0 Å². The van der Waals surface area contributed by atoms with E-state index in [0.29, 0.717) is 5.82 Å². The van der Waals surface area contributed by atoms with E-state index in [1.54, 1.807) is 10.9 Å². The third kappa shape index (κ3) is 1.33. The first-order chi connectivity index (χ1) is 7.84. The fourth-order valence-electron chi connectivity index (χ4n) is 1.60. The first-order valence-corrected chi connectivity index (χ1v) is 4.74. The first-order valence-electron chi connectivity index (χ1n) is 4.74. The molecule has 2 aromatic heterocycles. The molecule has 0 atom stereocenters. The Kier molecular flexibility index (Phi) is 1.89. The van der Waals surface area contributed by atoms with Gasteiger partial charge in [-0.1, -0.05) is 12.1 Å². The Bertz CT molecular complexity index is 647. The molecule has 0 fully saturated rings. The smallest absolute Gasteiger partial charge is 0.218 e. The number of aromatic nitrogens is 4. The van der Waals surface area contributed by atoms with Crippen LogP contribution in [0.1, 0.15) is 0 Å². The summed E-state index contributed by atoms with van der Waals surface area (Å²) >= 11 is 0. The van der Waals surface area contributed by atoms with Gasteiger partial charge in [0.2, 0.25) is 5.95 Å². The third-order valence-electron chi connectivity index (χ3n) is 2.32. The maximum atomic E-state index is 13.0. The number of halogens is 1. The summed E-state index contributed by atoms with van der Waals surface area (Å²) in [5, 5.41) is 0. The van der Waals surface area contributed by atoms with Crippen LogP contribution in [0.3, 0.4) is 0 Å². The van der Waals surface area contributed by atoms with E-state index in [1.165, 1.54) is 12.4 Å². The number of hydrogen-bond donors (Lipinski definition) is 0. The number of imidazole rings is 1. The Morgan fingerprint density at radius 2 is 1.94 bits per heavy atom. The highest BCUT2D eigenvalue weighted by Crippen LogP contribution is 2.15. The van der Waals surface area contributed by atoms with Crippen molar-refractivity contribution in [3.63, 3.8) is 0 Å². The van der Waals surface area contributed by atoms with Crippen LogP contribution in [0, 0.1) is 5.95 Å². The Labute approximate surface area is 90.4 Å². The van der Waals surface area contributed by atoms with Gasteiger partial charge < -0.3 is 0 Å². The quantitative estimate of drug-likeness (QED) is 0.581. The second kappa shape index (κ2) is 3.37. The lowest BCUT2D eigenvalue weighted by molar-refractivity contribution is 0.577. The first kappa shape index (κ1) is 8.96. The van der Waals surface area contributed by atoms with Crippen molar-refractivity contribution >= 4 is 11.0 Å². The maximum absolute atomic E-state index is 13.0. The molecule has 0 aliphatic heterocycles. The van der Waals surface area contributed by atoms with Crippen molar-refractivity contribution in [2.75, 3.05) is 0 Å². The molecule has 2 heterocycles. The van der Waals surface area contributed by atoms with Crippen molar-refractivity contribution in [1.82, 2.24) is 19.5 Å². The van der Waals surface area contributed by atoms with Gasteiger partial charge in [0, 0.05) is 6.07 Å². The number of hydrogen-bond acceptors (Lipinski definition) is 3. The highest BCUT2D eigenvalue weighted by Gasteiger charge is 2.05. The molecule has 4 nitrogen and oxygen atoms in total. The Hall–Kier alpha value is -2.30. The molecule has 78 valence electrons. The van der Waals surface area contributed by atoms with Crippen molar-refractivity contribution in [3.8, 4) is 5.82 Å². The maximum Gasteiger partial charge on any atom is 0.218 e. The Morgan fingerprint density at radius 1 is 1.06 bits per heavy atom. The van der Waals surface area contributed by atoms with Crippen molar-refractivity contribution in [2.45, 2.75) is 0 Å². The molecular weight excluding hydrogens is 207 g/mol. The monoisotopic (exact) mass is 214 g/mol. The molecule has 0 radical (unpaired) electrons. The third-order valence-corrected chi connectivity index (χ3v) is 2.32. The van der Waals surface area contributed by atoms with E-state index < -0.39 is 5.95 Å². The van der Waals surface area contributed by atoms with Crippen LogP contribution in [0.4, 0.5) is 4.39 Å². The molecule has 0 amide bonds. The zero-order valence-electron chi connectivity index (χ0n) is 8.21. The predicted octanol–water partition coefficient (Wildman–Crippen LogP) is 1.95. The van der Waals surface area contributed by atoms with Gasteiger partial charge in [0.05, 0.1) is 11.0 Å². The highest BCUT2D eigenvalue weighted by atomic mass is 19.1. The summed E-state index contributed by atoms with van der Waals surface area (Å²) in [6, 6.07) is 8.87. The molecule has 16 heavy (non-hydrogen) atoms. The predicted molar refractivity (Wildman–Crippen MR) is 56.6 cm³/mol. The van der Waals surface area contributed by atoms with E-state index in [9.17, 15) is 4.39 Å². The van der Waals surface area contributed by atoms with Crippen LogP contribution in [0.25, 0.3) is 16.9 Å². The Morgan fingerprint density at radius 3 is 2.81 bits per heavy atom. The minimum atomic E-state index is -0.553. The summed E-state index contributed by atoms with van der Waals surface area (Å²) < 4.78 is 14.7. The van der Waals surface area contributed by atoms with E-state index >= 15 is 0 Å². The summed E-state index contributed by atoms with van der Waals surface area (Å²) in [5.74, 6) is -0.0796.